The van der Waals surface area contributed by atoms with Crippen molar-refractivity contribution in [2.75, 3.05) is 13.2 Å². The van der Waals surface area contributed by atoms with Crippen LogP contribution in [0.4, 0.5) is 22.0 Å². The number of hydrogen-bond donors (Lipinski definition) is 1. The number of aromatic nitrogens is 3. The smallest absolute Gasteiger partial charge is 0.386 e. The highest BCUT2D eigenvalue weighted by Gasteiger charge is 2.49. The molecule has 1 aromatic heterocycles. The molecule has 4 rings (SSSR count). The van der Waals surface area contributed by atoms with Crippen LogP contribution in [-0.2, 0) is 16.0 Å². The van der Waals surface area contributed by atoms with Crippen molar-refractivity contribution in [3.63, 3.8) is 0 Å². The summed E-state index contributed by atoms with van der Waals surface area (Å²) in [5.41, 5.74) is -1.48. The van der Waals surface area contributed by atoms with Gasteiger partial charge in [-0.25, -0.2) is 13.8 Å². The number of hydrogen-bond acceptors (Lipinski definition) is 6. The Morgan fingerprint density at radius 3 is 2.38 bits per heavy atom. The van der Waals surface area contributed by atoms with Gasteiger partial charge in [-0.3, -0.25) is 4.68 Å². The van der Waals surface area contributed by atoms with Gasteiger partial charge in [0, 0.05) is 17.6 Å². The third-order valence-electron chi connectivity index (χ3n) is 8.00. The lowest BCUT2D eigenvalue weighted by Gasteiger charge is -2.45. The molecular weight excluding hydrogens is 517 g/mol. The number of alkyl halides is 5. The molecule has 1 aromatic rings. The molecule has 0 spiro atoms. The van der Waals surface area contributed by atoms with Crippen LogP contribution in [-0.4, -0.2) is 74.0 Å². The molecule has 1 saturated heterocycles. The average Bonchev–Trinajstić information content (AvgIpc) is 3.36. The Hall–Kier alpha value is -1.24. The highest BCUT2D eigenvalue weighted by Crippen LogP contribution is 2.43. The topological polar surface area (TPSA) is 69.4 Å². The zero-order valence-electron chi connectivity index (χ0n) is 20.9. The summed E-state index contributed by atoms with van der Waals surface area (Å²) < 4.78 is 80.4. The fourth-order valence-corrected chi connectivity index (χ4v) is 7.11. The molecule has 1 aliphatic heterocycles. The normalized spacial score (nSPS) is 36.4. The molecule has 3 aliphatic rings. The molecule has 3 unspecified atom stereocenters. The number of allylic oxidation sites excluding steroid dienone is 1. The maximum atomic E-state index is 15.0. The van der Waals surface area contributed by atoms with Gasteiger partial charge in [-0.15, -0.1) is 11.8 Å². The van der Waals surface area contributed by atoms with E-state index in [9.17, 15) is 27.1 Å². The maximum absolute atomic E-state index is 15.0. The molecule has 0 radical (unpaired) electrons. The van der Waals surface area contributed by atoms with Gasteiger partial charge in [0.05, 0.1) is 30.9 Å². The van der Waals surface area contributed by atoms with Crippen LogP contribution in [0.1, 0.15) is 51.9 Å². The van der Waals surface area contributed by atoms with Gasteiger partial charge in [0.15, 0.2) is 6.29 Å². The predicted octanol–water partition coefficient (Wildman–Crippen LogP) is 5.27. The molecule has 0 amide bonds. The van der Waals surface area contributed by atoms with E-state index in [0.717, 1.165) is 0 Å². The molecule has 2 aliphatic carbocycles. The largest absolute Gasteiger partial charge is 0.391 e. The molecule has 210 valence electrons. The summed E-state index contributed by atoms with van der Waals surface area (Å²) in [6.45, 7) is 2.57. The van der Waals surface area contributed by atoms with Crippen LogP contribution in [0.3, 0.4) is 0 Å². The van der Waals surface area contributed by atoms with Gasteiger partial charge < -0.3 is 14.6 Å². The molecule has 3 fully saturated rings. The van der Waals surface area contributed by atoms with Crippen LogP contribution in [0.5, 0.6) is 0 Å². The third-order valence-corrected chi connectivity index (χ3v) is 9.47. The van der Waals surface area contributed by atoms with E-state index in [1.165, 1.54) is 29.1 Å². The lowest BCUT2D eigenvalue weighted by molar-refractivity contribution is -0.183. The Bertz CT molecular complexity index is 860. The first-order chi connectivity index (χ1) is 17.5. The van der Waals surface area contributed by atoms with Gasteiger partial charge in [0.25, 0.3) is 0 Å². The van der Waals surface area contributed by atoms with Crippen LogP contribution in [0.25, 0.3) is 0 Å². The molecule has 0 aromatic carbocycles. The van der Waals surface area contributed by atoms with Crippen LogP contribution >= 0.6 is 11.8 Å². The number of nitrogens with zero attached hydrogens (tertiary/aromatic N) is 3. The fourth-order valence-electron chi connectivity index (χ4n) is 5.74. The average molecular weight is 554 g/mol. The van der Waals surface area contributed by atoms with Crippen molar-refractivity contribution in [3.05, 3.63) is 24.8 Å². The fraction of sp³-hybridized carbons (Fsp3) is 0.840. The second-order valence-electron chi connectivity index (χ2n) is 10.6. The van der Waals surface area contributed by atoms with Gasteiger partial charge in [-0.1, -0.05) is 13.0 Å². The van der Waals surface area contributed by atoms with E-state index in [4.69, 9.17) is 9.47 Å². The van der Waals surface area contributed by atoms with E-state index < -0.39 is 47.5 Å². The van der Waals surface area contributed by atoms with Crippen molar-refractivity contribution in [1.29, 1.82) is 0 Å². The summed E-state index contributed by atoms with van der Waals surface area (Å²) in [5, 5.41) is 15.3. The summed E-state index contributed by atoms with van der Waals surface area (Å²) in [4.78, 5) is 3.92. The first-order valence-corrected chi connectivity index (χ1v) is 14.0. The van der Waals surface area contributed by atoms with E-state index in [-0.39, 0.29) is 49.8 Å². The van der Waals surface area contributed by atoms with Crippen molar-refractivity contribution in [2.45, 2.75) is 99.3 Å². The minimum Gasteiger partial charge on any atom is -0.386 e. The van der Waals surface area contributed by atoms with Crippen LogP contribution in [0.2, 0.25) is 0 Å². The second kappa shape index (κ2) is 12.3. The summed E-state index contributed by atoms with van der Waals surface area (Å²) in [6.07, 6.45) is 0.649. The van der Waals surface area contributed by atoms with Crippen molar-refractivity contribution in [2.24, 2.45) is 17.8 Å². The van der Waals surface area contributed by atoms with Crippen molar-refractivity contribution < 1.29 is 36.5 Å². The van der Waals surface area contributed by atoms with E-state index in [1.807, 2.05) is 13.0 Å². The monoisotopic (exact) mass is 553 g/mol. The molecule has 5 atom stereocenters. The zero-order chi connectivity index (χ0) is 26.6. The van der Waals surface area contributed by atoms with Gasteiger partial charge in [0.1, 0.15) is 30.6 Å². The first kappa shape index (κ1) is 28.8. The molecule has 2 saturated carbocycles. The van der Waals surface area contributed by atoms with Crippen molar-refractivity contribution >= 4 is 11.8 Å². The molecule has 12 heteroatoms. The number of halogens is 5. The Kier molecular flexibility index (Phi) is 9.56. The second-order valence-corrected chi connectivity index (χ2v) is 12.2. The Morgan fingerprint density at radius 2 is 1.78 bits per heavy atom. The van der Waals surface area contributed by atoms with Gasteiger partial charge in [-0.05, 0) is 50.5 Å². The van der Waals surface area contributed by atoms with Crippen LogP contribution in [0, 0.1) is 17.8 Å². The third kappa shape index (κ3) is 7.45. The summed E-state index contributed by atoms with van der Waals surface area (Å²) in [6, 6.07) is 0. The Labute approximate surface area is 218 Å². The van der Waals surface area contributed by atoms with Crippen LogP contribution in [0.15, 0.2) is 24.8 Å². The van der Waals surface area contributed by atoms with Gasteiger partial charge >= 0.3 is 6.18 Å². The van der Waals surface area contributed by atoms with Gasteiger partial charge in [-0.2, -0.15) is 18.3 Å². The highest BCUT2D eigenvalue weighted by molar-refractivity contribution is 8.00. The molecule has 37 heavy (non-hydrogen) atoms. The minimum atomic E-state index is -4.12. The first-order valence-electron chi connectivity index (χ1n) is 13.0. The van der Waals surface area contributed by atoms with E-state index >= 15 is 0 Å². The van der Waals surface area contributed by atoms with E-state index in [2.05, 4.69) is 10.1 Å². The van der Waals surface area contributed by atoms with Crippen molar-refractivity contribution in [3.8, 4) is 0 Å². The van der Waals surface area contributed by atoms with E-state index in [0.29, 0.717) is 26.1 Å². The molecule has 0 bridgehead atoms. The van der Waals surface area contributed by atoms with E-state index in [1.54, 1.807) is 6.08 Å². The molecular formula is C25H36F5N3O3S. The van der Waals surface area contributed by atoms with Crippen LogP contribution < -0.4 is 0 Å². The Balaban J connectivity index is 1.29. The maximum Gasteiger partial charge on any atom is 0.391 e. The lowest BCUT2D eigenvalue weighted by atomic mass is 9.73. The number of aliphatic hydroxyl groups is 1. The number of rotatable bonds is 8. The summed E-state index contributed by atoms with van der Waals surface area (Å²) in [7, 11) is 0. The summed E-state index contributed by atoms with van der Waals surface area (Å²) >= 11 is 1.44. The zero-order valence-corrected chi connectivity index (χ0v) is 21.7. The van der Waals surface area contributed by atoms with Gasteiger partial charge in [0.2, 0.25) is 0 Å². The number of ether oxygens (including phenoxy) is 2. The highest BCUT2D eigenvalue weighted by atomic mass is 32.2. The minimum absolute atomic E-state index is 0.0413. The quantitative estimate of drug-likeness (QED) is 0.349. The predicted molar refractivity (Wildman–Crippen MR) is 129 cm³/mol. The summed E-state index contributed by atoms with van der Waals surface area (Å²) in [5.74, 6) is -1.86. The molecule has 2 heterocycles. The molecule has 6 nitrogen and oxygen atoms in total. The molecule has 1 N–H and O–H groups in total. The Morgan fingerprint density at radius 1 is 1.08 bits per heavy atom. The number of thioether (sulfide) groups is 1. The van der Waals surface area contributed by atoms with Crippen molar-refractivity contribution in [1.82, 2.24) is 14.8 Å². The lowest BCUT2D eigenvalue weighted by Crippen LogP contribution is -2.55. The standard InChI is InChI=1S/C25H36F5N3O3S/c1-16(24(34,13-33-15-31-14-32-33)21-8-7-19(26)10-22(21)27)37-20-11-35-23(36-12-20)9-4-17-2-5-18(6-3-17)25(28,29)30/h4,9,14-23,34H,2-3,5-8,10-13H2,1H3/b9-4+/t16-,17?,18?,19?,20?,21?,22?,23?,24-/m1/s1. The SMILES string of the molecule is C[C@@H](SC1COC(/C=C/C2CCC(C(F)(F)F)CC2)OC1)[C@](O)(Cn1cncn1)C1CCC(F)CC1F.